The first kappa shape index (κ1) is 22.1. The molecule has 0 aromatic rings. The molecule has 1 nitrogen and oxygen atoms in total. The van der Waals surface area contributed by atoms with Gasteiger partial charge in [0.05, 0.1) is 0 Å². The molecule has 0 rings (SSSR count). The van der Waals surface area contributed by atoms with E-state index in [-0.39, 0.29) is 5.78 Å². The number of allylic oxidation sites excluding steroid dienone is 12. The predicted octanol–water partition coefficient (Wildman–Crippen LogP) is 7.05. The summed E-state index contributed by atoms with van der Waals surface area (Å²) in [5.41, 5.74) is 0. The summed E-state index contributed by atoms with van der Waals surface area (Å²) >= 11 is 0. The summed E-state index contributed by atoms with van der Waals surface area (Å²) in [6.07, 6.45) is 33.9. The molecule has 0 aliphatic heterocycles. The summed E-state index contributed by atoms with van der Waals surface area (Å²) in [7, 11) is 0. The van der Waals surface area contributed by atoms with E-state index in [4.69, 9.17) is 0 Å². The van der Waals surface area contributed by atoms with Gasteiger partial charge in [-0.05, 0) is 51.9 Å². The first-order valence-corrected chi connectivity index (χ1v) is 9.16. The van der Waals surface area contributed by atoms with Crippen molar-refractivity contribution in [3.05, 3.63) is 72.9 Å². The van der Waals surface area contributed by atoms with Gasteiger partial charge in [-0.3, -0.25) is 0 Å². The van der Waals surface area contributed by atoms with E-state index >= 15 is 0 Å². The Bertz CT molecular complexity index is 458. The smallest absolute Gasteiger partial charge is 0.130 e. The molecule has 0 saturated heterocycles. The van der Waals surface area contributed by atoms with Gasteiger partial charge in [-0.15, -0.1) is 0 Å². The first-order valence-electron chi connectivity index (χ1n) is 9.16. The van der Waals surface area contributed by atoms with E-state index in [9.17, 15) is 4.79 Å². The van der Waals surface area contributed by atoms with Gasteiger partial charge in [-0.2, -0.15) is 0 Å². The standard InChI is InChI=1S/C23H34O/c1-3-4-5-6-7-8-9-10-11-12-13-14-15-16-17-18-19-20-21-22-23(2)24/h4-5,7-8,10-11,13-14,16-17,19-20H,3,6,9,12,15,18,21-22H2,1-2H3/b5-4-,8-7-,11-10-,14-13-,17-16-,20-19-. The van der Waals surface area contributed by atoms with Crippen LogP contribution in [0.5, 0.6) is 0 Å². The van der Waals surface area contributed by atoms with Crippen LogP contribution in [0.3, 0.4) is 0 Å². The fourth-order valence-electron chi connectivity index (χ4n) is 1.93. The molecule has 1 heteroatoms. The average molecular weight is 327 g/mol. The van der Waals surface area contributed by atoms with E-state index < -0.39 is 0 Å². The van der Waals surface area contributed by atoms with Crippen molar-refractivity contribution >= 4 is 5.78 Å². The Kier molecular flexibility index (Phi) is 17.6. The zero-order chi connectivity index (χ0) is 17.7. The Labute approximate surface area is 149 Å². The van der Waals surface area contributed by atoms with E-state index in [0.717, 1.165) is 44.9 Å². The van der Waals surface area contributed by atoms with Crippen LogP contribution in [-0.2, 0) is 4.79 Å². The van der Waals surface area contributed by atoms with E-state index in [2.05, 4.69) is 79.8 Å². The fourth-order valence-corrected chi connectivity index (χ4v) is 1.93. The summed E-state index contributed by atoms with van der Waals surface area (Å²) < 4.78 is 0. The van der Waals surface area contributed by atoms with Gasteiger partial charge in [0.2, 0.25) is 0 Å². The molecule has 0 aliphatic rings. The topological polar surface area (TPSA) is 17.1 Å². The van der Waals surface area contributed by atoms with Crippen LogP contribution < -0.4 is 0 Å². The number of carbonyl (C=O) groups excluding carboxylic acids is 1. The minimum atomic E-state index is 0.259. The van der Waals surface area contributed by atoms with Crippen molar-refractivity contribution in [3.63, 3.8) is 0 Å². The number of Topliss-reactive ketones (excluding diaryl/α,β-unsaturated/α-hetero) is 1. The second-order valence-electron chi connectivity index (χ2n) is 5.66. The zero-order valence-corrected chi connectivity index (χ0v) is 15.5. The van der Waals surface area contributed by atoms with Crippen molar-refractivity contribution in [3.8, 4) is 0 Å². The lowest BCUT2D eigenvalue weighted by Gasteiger charge is -1.87. The summed E-state index contributed by atoms with van der Waals surface area (Å²) in [5, 5.41) is 0. The maximum atomic E-state index is 10.8. The molecule has 0 aromatic heterocycles. The average Bonchev–Trinajstić information content (AvgIpc) is 2.56. The maximum Gasteiger partial charge on any atom is 0.130 e. The molecule has 0 spiro atoms. The molecule has 0 amide bonds. The van der Waals surface area contributed by atoms with Gasteiger partial charge in [-0.1, -0.05) is 79.8 Å². The van der Waals surface area contributed by atoms with Gasteiger partial charge in [0.1, 0.15) is 5.78 Å². The highest BCUT2D eigenvalue weighted by Gasteiger charge is 1.87. The van der Waals surface area contributed by atoms with Gasteiger partial charge in [-0.25, -0.2) is 0 Å². The molecule has 132 valence electrons. The van der Waals surface area contributed by atoms with Gasteiger partial charge in [0.25, 0.3) is 0 Å². The second kappa shape index (κ2) is 19.2. The van der Waals surface area contributed by atoms with Crippen LogP contribution in [-0.4, -0.2) is 5.78 Å². The minimum absolute atomic E-state index is 0.259. The molecule has 0 heterocycles. The Morgan fingerprint density at radius 1 is 0.583 bits per heavy atom. The third-order valence-corrected chi connectivity index (χ3v) is 3.26. The molecule has 0 aromatic carbocycles. The highest BCUT2D eigenvalue weighted by molar-refractivity contribution is 5.75. The molecule has 0 aliphatic carbocycles. The molecular formula is C23H34O. The predicted molar refractivity (Wildman–Crippen MR) is 108 cm³/mol. The summed E-state index contributed by atoms with van der Waals surface area (Å²) in [5.74, 6) is 0.259. The molecule has 0 unspecified atom stereocenters. The van der Waals surface area contributed by atoms with E-state index in [0.29, 0.717) is 6.42 Å². The highest BCUT2D eigenvalue weighted by Crippen LogP contribution is 1.97. The Morgan fingerprint density at radius 3 is 1.25 bits per heavy atom. The summed E-state index contributed by atoms with van der Waals surface area (Å²) in [6.45, 7) is 3.79. The molecule has 0 saturated carbocycles. The third-order valence-electron chi connectivity index (χ3n) is 3.26. The van der Waals surface area contributed by atoms with Crippen LogP contribution in [0, 0.1) is 0 Å². The maximum absolute atomic E-state index is 10.8. The SMILES string of the molecule is CC/C=C\C/C=C\C/C=C\C/C=C\C/C=C\C/C=C\CCC(C)=O. The van der Waals surface area contributed by atoms with Gasteiger partial charge in [0, 0.05) is 6.42 Å². The van der Waals surface area contributed by atoms with Crippen molar-refractivity contribution < 1.29 is 4.79 Å². The second-order valence-corrected chi connectivity index (χ2v) is 5.66. The number of ketones is 1. The largest absolute Gasteiger partial charge is 0.300 e. The molecule has 0 radical (unpaired) electrons. The monoisotopic (exact) mass is 326 g/mol. The van der Waals surface area contributed by atoms with Crippen molar-refractivity contribution in [2.75, 3.05) is 0 Å². The molecule has 0 bridgehead atoms. The number of carbonyl (C=O) groups is 1. The van der Waals surface area contributed by atoms with Crippen LogP contribution in [0.4, 0.5) is 0 Å². The van der Waals surface area contributed by atoms with Crippen LogP contribution in [0.25, 0.3) is 0 Å². The van der Waals surface area contributed by atoms with Crippen molar-refractivity contribution in [2.24, 2.45) is 0 Å². The lowest BCUT2D eigenvalue weighted by molar-refractivity contribution is -0.116. The lowest BCUT2D eigenvalue weighted by Crippen LogP contribution is -1.85. The van der Waals surface area contributed by atoms with Crippen molar-refractivity contribution in [1.82, 2.24) is 0 Å². The fraction of sp³-hybridized carbons (Fsp3) is 0.435. The number of hydrogen-bond acceptors (Lipinski definition) is 1. The van der Waals surface area contributed by atoms with Gasteiger partial charge >= 0.3 is 0 Å². The normalized spacial score (nSPS) is 13.1. The van der Waals surface area contributed by atoms with Crippen molar-refractivity contribution in [1.29, 1.82) is 0 Å². The summed E-state index contributed by atoms with van der Waals surface area (Å²) in [4.78, 5) is 10.8. The van der Waals surface area contributed by atoms with E-state index in [1.54, 1.807) is 6.92 Å². The minimum Gasteiger partial charge on any atom is -0.300 e. The van der Waals surface area contributed by atoms with E-state index in [1.807, 2.05) is 0 Å². The van der Waals surface area contributed by atoms with Gasteiger partial charge < -0.3 is 4.79 Å². The molecule has 0 atom stereocenters. The molecule has 0 fully saturated rings. The quantitative estimate of drug-likeness (QED) is 0.312. The Hall–Kier alpha value is -1.89. The molecular weight excluding hydrogens is 292 g/mol. The molecule has 24 heavy (non-hydrogen) atoms. The van der Waals surface area contributed by atoms with Crippen molar-refractivity contribution in [2.45, 2.75) is 65.2 Å². The van der Waals surface area contributed by atoms with Crippen LogP contribution >= 0.6 is 0 Å². The van der Waals surface area contributed by atoms with Gasteiger partial charge in [0.15, 0.2) is 0 Å². The van der Waals surface area contributed by atoms with Crippen LogP contribution in [0.15, 0.2) is 72.9 Å². The molecule has 0 N–H and O–H groups in total. The Balaban J connectivity index is 3.51. The Morgan fingerprint density at radius 2 is 0.917 bits per heavy atom. The zero-order valence-electron chi connectivity index (χ0n) is 15.5. The summed E-state index contributed by atoms with van der Waals surface area (Å²) in [6, 6.07) is 0. The van der Waals surface area contributed by atoms with E-state index in [1.165, 1.54) is 0 Å². The van der Waals surface area contributed by atoms with Crippen LogP contribution in [0.1, 0.15) is 65.2 Å². The highest BCUT2D eigenvalue weighted by atomic mass is 16.1. The lowest BCUT2D eigenvalue weighted by atomic mass is 10.2. The first-order chi connectivity index (χ1) is 11.8. The number of rotatable bonds is 14. The third kappa shape index (κ3) is 20.1. The van der Waals surface area contributed by atoms with Crippen LogP contribution in [0.2, 0.25) is 0 Å². The number of hydrogen-bond donors (Lipinski definition) is 0.